The van der Waals surface area contributed by atoms with Gasteiger partial charge in [-0.1, -0.05) is 11.6 Å². The average Bonchev–Trinajstić information content (AvgIpc) is 2.88. The molecule has 2 rings (SSSR count). The highest BCUT2D eigenvalue weighted by Crippen LogP contribution is 2.40. The summed E-state index contributed by atoms with van der Waals surface area (Å²) in [6.07, 6.45) is -0.102. The van der Waals surface area contributed by atoms with E-state index < -0.39 is 5.92 Å². The van der Waals surface area contributed by atoms with Gasteiger partial charge in [0.15, 0.2) is 0 Å². The van der Waals surface area contributed by atoms with Gasteiger partial charge in [0.25, 0.3) is 0 Å². The van der Waals surface area contributed by atoms with Crippen LogP contribution in [0.1, 0.15) is 20.3 Å². The summed E-state index contributed by atoms with van der Waals surface area (Å²) in [6, 6.07) is 3.22. The molecule has 0 N–H and O–H groups in total. The zero-order valence-corrected chi connectivity index (χ0v) is 14.3. The van der Waals surface area contributed by atoms with Crippen LogP contribution in [0.15, 0.2) is 12.1 Å². The van der Waals surface area contributed by atoms with Crippen LogP contribution in [0.4, 0.5) is 5.69 Å². The largest absolute Gasteiger partial charge is 0.495 e. The van der Waals surface area contributed by atoms with Crippen LogP contribution in [-0.2, 0) is 14.3 Å². The Kier molecular flexibility index (Phi) is 5.36. The molecule has 0 spiro atoms. The molecule has 1 aliphatic rings. The first-order valence-corrected chi connectivity index (χ1v) is 7.67. The number of hydrogen-bond acceptors (Lipinski definition) is 5. The number of rotatable bonds is 5. The second kappa shape index (κ2) is 7.08. The molecule has 0 unspecified atom stereocenters. The third-order valence-electron chi connectivity index (χ3n) is 3.55. The molecule has 0 radical (unpaired) electrons. The van der Waals surface area contributed by atoms with Gasteiger partial charge in [0, 0.05) is 19.0 Å². The molecule has 1 heterocycles. The molecule has 0 bridgehead atoms. The van der Waals surface area contributed by atoms with E-state index in [0.717, 1.165) is 0 Å². The Morgan fingerprint density at radius 1 is 1.26 bits per heavy atom. The lowest BCUT2D eigenvalue weighted by molar-refractivity contribution is -0.152. The zero-order valence-electron chi connectivity index (χ0n) is 13.6. The minimum atomic E-state index is -0.490. The fourth-order valence-corrected chi connectivity index (χ4v) is 2.72. The Morgan fingerprint density at radius 3 is 2.48 bits per heavy atom. The molecule has 6 nitrogen and oxygen atoms in total. The highest BCUT2D eigenvalue weighted by molar-refractivity contribution is 6.32. The first-order valence-electron chi connectivity index (χ1n) is 7.29. The van der Waals surface area contributed by atoms with Gasteiger partial charge in [-0.15, -0.1) is 0 Å². The van der Waals surface area contributed by atoms with E-state index in [9.17, 15) is 9.59 Å². The maximum Gasteiger partial charge on any atom is 0.311 e. The van der Waals surface area contributed by atoms with E-state index in [-0.39, 0.29) is 30.9 Å². The van der Waals surface area contributed by atoms with E-state index in [0.29, 0.717) is 22.2 Å². The molecule has 1 saturated heterocycles. The number of esters is 1. The van der Waals surface area contributed by atoms with E-state index in [2.05, 4.69) is 0 Å². The molecule has 1 atom stereocenters. The molecular formula is C16H20ClNO5. The predicted molar refractivity (Wildman–Crippen MR) is 86.2 cm³/mol. The zero-order chi connectivity index (χ0) is 17.1. The maximum atomic E-state index is 12.3. The van der Waals surface area contributed by atoms with Crippen molar-refractivity contribution in [3.8, 4) is 11.5 Å². The number of methoxy groups -OCH3 is 2. The van der Waals surface area contributed by atoms with Crippen molar-refractivity contribution in [3.05, 3.63) is 17.2 Å². The van der Waals surface area contributed by atoms with Crippen molar-refractivity contribution in [2.75, 3.05) is 25.7 Å². The van der Waals surface area contributed by atoms with E-state index in [1.807, 2.05) is 0 Å². The van der Waals surface area contributed by atoms with Crippen LogP contribution in [0.25, 0.3) is 0 Å². The number of ether oxygens (including phenoxy) is 3. The Morgan fingerprint density at radius 2 is 1.91 bits per heavy atom. The molecule has 1 aromatic carbocycles. The summed E-state index contributed by atoms with van der Waals surface area (Å²) in [4.78, 5) is 25.8. The summed E-state index contributed by atoms with van der Waals surface area (Å²) in [5.41, 5.74) is 0.517. The van der Waals surface area contributed by atoms with Crippen LogP contribution in [-0.4, -0.2) is 38.7 Å². The Labute approximate surface area is 140 Å². The molecule has 0 aromatic heterocycles. The Hall–Kier alpha value is -1.95. The Bertz CT molecular complexity index is 617. The third-order valence-corrected chi connectivity index (χ3v) is 3.85. The molecule has 1 aliphatic heterocycles. The van der Waals surface area contributed by atoms with Crippen molar-refractivity contribution >= 4 is 29.2 Å². The number of hydrogen-bond donors (Lipinski definition) is 0. The van der Waals surface area contributed by atoms with E-state index in [4.69, 9.17) is 25.8 Å². The number of halogens is 1. The van der Waals surface area contributed by atoms with Gasteiger partial charge in [0.2, 0.25) is 5.91 Å². The summed E-state index contributed by atoms with van der Waals surface area (Å²) in [5, 5.41) is 0.365. The van der Waals surface area contributed by atoms with Crippen molar-refractivity contribution in [1.82, 2.24) is 0 Å². The number of benzene rings is 1. The summed E-state index contributed by atoms with van der Waals surface area (Å²) >= 11 is 6.14. The molecule has 0 saturated carbocycles. The van der Waals surface area contributed by atoms with Gasteiger partial charge < -0.3 is 19.1 Å². The van der Waals surface area contributed by atoms with E-state index >= 15 is 0 Å². The van der Waals surface area contributed by atoms with Gasteiger partial charge in [0.1, 0.15) is 11.5 Å². The fraction of sp³-hybridized carbons (Fsp3) is 0.500. The lowest BCUT2D eigenvalue weighted by Gasteiger charge is -2.21. The van der Waals surface area contributed by atoms with E-state index in [1.54, 1.807) is 26.0 Å². The van der Waals surface area contributed by atoms with Crippen molar-refractivity contribution < 1.29 is 23.8 Å². The van der Waals surface area contributed by atoms with E-state index in [1.165, 1.54) is 19.1 Å². The second-order valence-electron chi connectivity index (χ2n) is 5.55. The molecule has 7 heteroatoms. The molecular weight excluding hydrogens is 322 g/mol. The van der Waals surface area contributed by atoms with Gasteiger partial charge in [-0.3, -0.25) is 9.59 Å². The molecule has 1 amide bonds. The number of amides is 1. The first kappa shape index (κ1) is 17.4. The van der Waals surface area contributed by atoms with Crippen LogP contribution < -0.4 is 14.4 Å². The van der Waals surface area contributed by atoms with Crippen LogP contribution in [0, 0.1) is 5.92 Å². The summed E-state index contributed by atoms with van der Waals surface area (Å²) < 4.78 is 15.6. The molecule has 0 aliphatic carbocycles. The molecule has 23 heavy (non-hydrogen) atoms. The van der Waals surface area contributed by atoms with Gasteiger partial charge >= 0.3 is 5.97 Å². The lowest BCUT2D eigenvalue weighted by Crippen LogP contribution is -2.27. The maximum absolute atomic E-state index is 12.3. The SMILES string of the molecule is COc1cc(OC)c(N2C[C@@H](C(=O)OC(C)C)CC2=O)cc1Cl. The minimum absolute atomic E-state index is 0.109. The number of nitrogens with zero attached hydrogens (tertiary/aromatic N) is 1. The topological polar surface area (TPSA) is 65.1 Å². The van der Waals surface area contributed by atoms with Crippen molar-refractivity contribution in [3.63, 3.8) is 0 Å². The molecule has 126 valence electrons. The number of anilines is 1. The molecule has 1 aromatic rings. The quantitative estimate of drug-likeness (QED) is 0.770. The third kappa shape index (κ3) is 3.69. The first-order chi connectivity index (χ1) is 10.9. The van der Waals surface area contributed by atoms with Crippen LogP contribution >= 0.6 is 11.6 Å². The van der Waals surface area contributed by atoms with Crippen LogP contribution in [0.5, 0.6) is 11.5 Å². The predicted octanol–water partition coefficient (Wildman–Crippen LogP) is 2.66. The summed E-state index contributed by atoms with van der Waals surface area (Å²) in [5.74, 6) is -0.118. The van der Waals surface area contributed by atoms with Gasteiger partial charge in [-0.2, -0.15) is 0 Å². The standard InChI is InChI=1S/C16H20ClNO5/c1-9(2)23-16(20)10-5-15(19)18(8-10)12-6-11(17)13(21-3)7-14(12)22-4/h6-7,9-10H,5,8H2,1-4H3/t10-/m0/s1. The lowest BCUT2D eigenvalue weighted by atomic mass is 10.1. The monoisotopic (exact) mass is 341 g/mol. The minimum Gasteiger partial charge on any atom is -0.495 e. The van der Waals surface area contributed by atoms with Crippen LogP contribution in [0.2, 0.25) is 5.02 Å². The van der Waals surface area contributed by atoms with Crippen molar-refractivity contribution in [2.45, 2.75) is 26.4 Å². The second-order valence-corrected chi connectivity index (χ2v) is 5.96. The number of carbonyl (C=O) groups is 2. The molecule has 1 fully saturated rings. The highest BCUT2D eigenvalue weighted by atomic mass is 35.5. The Balaban J connectivity index is 2.27. The fourth-order valence-electron chi connectivity index (χ4n) is 2.48. The van der Waals surface area contributed by atoms with Gasteiger partial charge in [-0.05, 0) is 19.9 Å². The number of carbonyl (C=O) groups excluding carboxylic acids is 2. The summed E-state index contributed by atoms with van der Waals surface area (Å²) in [6.45, 7) is 3.79. The highest BCUT2D eigenvalue weighted by Gasteiger charge is 2.37. The summed E-state index contributed by atoms with van der Waals surface area (Å²) in [7, 11) is 3.00. The van der Waals surface area contributed by atoms with Crippen molar-refractivity contribution in [1.29, 1.82) is 0 Å². The van der Waals surface area contributed by atoms with Crippen LogP contribution in [0.3, 0.4) is 0 Å². The smallest absolute Gasteiger partial charge is 0.311 e. The van der Waals surface area contributed by atoms with Crippen molar-refractivity contribution in [2.24, 2.45) is 5.92 Å². The van der Waals surface area contributed by atoms with Gasteiger partial charge in [-0.25, -0.2) is 0 Å². The van der Waals surface area contributed by atoms with Gasteiger partial charge in [0.05, 0.1) is 37.0 Å². The average molecular weight is 342 g/mol. The normalized spacial score (nSPS) is 17.6.